The van der Waals surface area contributed by atoms with Crippen molar-refractivity contribution in [2.45, 2.75) is 12.9 Å². The number of nitrogens with zero attached hydrogens (tertiary/aromatic N) is 4. The fraction of sp³-hybridized carbons (Fsp3) is 0.188. The number of aliphatic hydroxyl groups excluding tert-OH is 1. The lowest BCUT2D eigenvalue weighted by Gasteiger charge is -2.15. The second-order valence-electron chi connectivity index (χ2n) is 5.15. The minimum Gasteiger partial charge on any atom is -0.404 e. The van der Waals surface area contributed by atoms with Crippen LogP contribution in [0.25, 0.3) is 11.4 Å². The van der Waals surface area contributed by atoms with E-state index in [1.165, 1.54) is 23.0 Å². The highest BCUT2D eigenvalue weighted by molar-refractivity contribution is 5.79. The number of benzene rings is 2. The van der Waals surface area contributed by atoms with Crippen LogP contribution in [-0.2, 0) is 6.54 Å². The molecule has 0 unspecified atom stereocenters. The summed E-state index contributed by atoms with van der Waals surface area (Å²) in [5.41, 5.74) is 1.16. The van der Waals surface area contributed by atoms with Gasteiger partial charge in [0.1, 0.15) is 0 Å². The summed E-state index contributed by atoms with van der Waals surface area (Å²) >= 11 is 0. The molecule has 0 aliphatic heterocycles. The maximum atomic E-state index is 12.6. The smallest absolute Gasteiger partial charge is 0.404 e. The lowest BCUT2D eigenvalue weighted by molar-refractivity contribution is -0.274. The highest BCUT2D eigenvalue weighted by Crippen LogP contribution is 2.34. The number of alkyl halides is 3. The number of anilines is 2. The van der Waals surface area contributed by atoms with Gasteiger partial charge in [0.25, 0.3) is 0 Å². The molecule has 0 aliphatic rings. The van der Waals surface area contributed by atoms with Gasteiger partial charge in [0.05, 0.1) is 18.8 Å². The van der Waals surface area contributed by atoms with E-state index < -0.39 is 6.36 Å². The molecule has 26 heavy (non-hydrogen) atoms. The molecule has 3 aromatic rings. The summed E-state index contributed by atoms with van der Waals surface area (Å²) in [5.74, 6) is -0.0810. The molecule has 0 aliphatic carbocycles. The van der Waals surface area contributed by atoms with Crippen LogP contribution in [0, 0.1) is 0 Å². The van der Waals surface area contributed by atoms with E-state index >= 15 is 0 Å². The molecule has 0 saturated heterocycles. The molecular formula is C16H14F3N5O2. The van der Waals surface area contributed by atoms with Gasteiger partial charge in [0.15, 0.2) is 5.75 Å². The number of aromatic nitrogens is 4. The number of aliphatic hydroxyl groups is 1. The second-order valence-corrected chi connectivity index (χ2v) is 5.15. The van der Waals surface area contributed by atoms with Crippen LogP contribution < -0.4 is 10.1 Å². The fourth-order valence-electron chi connectivity index (χ4n) is 2.25. The zero-order chi connectivity index (χ0) is 18.6. The van der Waals surface area contributed by atoms with Gasteiger partial charge in [-0.2, -0.15) is 4.80 Å². The third kappa shape index (κ3) is 4.28. The quantitative estimate of drug-likeness (QED) is 0.699. The van der Waals surface area contributed by atoms with Gasteiger partial charge in [0.2, 0.25) is 5.82 Å². The normalized spacial score (nSPS) is 11.4. The number of para-hydroxylation sites is 3. The van der Waals surface area contributed by atoms with E-state index in [0.717, 1.165) is 0 Å². The van der Waals surface area contributed by atoms with E-state index in [2.05, 4.69) is 25.5 Å². The fourth-order valence-corrected chi connectivity index (χ4v) is 2.25. The Hall–Kier alpha value is -3.14. The molecule has 136 valence electrons. The van der Waals surface area contributed by atoms with Crippen LogP contribution in [0.2, 0.25) is 0 Å². The van der Waals surface area contributed by atoms with Crippen LogP contribution >= 0.6 is 0 Å². The molecule has 1 aromatic heterocycles. The van der Waals surface area contributed by atoms with Crippen molar-refractivity contribution in [2.24, 2.45) is 0 Å². The first-order valence-electron chi connectivity index (χ1n) is 7.56. The number of nitrogens with one attached hydrogen (secondary N) is 1. The highest BCUT2D eigenvalue weighted by atomic mass is 19.4. The molecular weight excluding hydrogens is 351 g/mol. The summed E-state index contributed by atoms with van der Waals surface area (Å²) in [6, 6.07) is 12.6. The number of ether oxygens (including phenoxy) is 1. The zero-order valence-electron chi connectivity index (χ0n) is 13.3. The topological polar surface area (TPSA) is 85.1 Å². The van der Waals surface area contributed by atoms with Crippen LogP contribution in [0.5, 0.6) is 5.75 Å². The van der Waals surface area contributed by atoms with E-state index in [1.807, 2.05) is 0 Å². The third-order valence-electron chi connectivity index (χ3n) is 3.30. The Kier molecular flexibility index (Phi) is 5.03. The molecule has 0 spiro atoms. The number of rotatable bonds is 6. The Morgan fingerprint density at radius 1 is 1.04 bits per heavy atom. The molecule has 2 aromatic carbocycles. The Balaban J connectivity index is 1.92. The number of hydrogen-bond donors (Lipinski definition) is 2. The standard InChI is InChI=1S/C16H14F3N5O2/c17-16(18,19)26-14-8-4-3-7-13(14)20-12-6-2-1-5-11(12)15-21-23-24(22-15)9-10-25/h1-8,20,25H,9-10H2. The van der Waals surface area contributed by atoms with E-state index in [0.29, 0.717) is 11.3 Å². The average molecular weight is 365 g/mol. The molecule has 0 amide bonds. The van der Waals surface area contributed by atoms with Gasteiger partial charge in [-0.15, -0.1) is 23.4 Å². The Morgan fingerprint density at radius 3 is 2.46 bits per heavy atom. The molecule has 0 atom stereocenters. The van der Waals surface area contributed by atoms with E-state index in [1.54, 1.807) is 30.3 Å². The molecule has 3 rings (SSSR count). The van der Waals surface area contributed by atoms with E-state index in [4.69, 9.17) is 5.11 Å². The third-order valence-corrected chi connectivity index (χ3v) is 3.30. The van der Waals surface area contributed by atoms with Crippen LogP contribution in [0.15, 0.2) is 48.5 Å². The maximum Gasteiger partial charge on any atom is 0.573 e. The lowest BCUT2D eigenvalue weighted by atomic mass is 10.1. The van der Waals surface area contributed by atoms with Gasteiger partial charge >= 0.3 is 6.36 Å². The van der Waals surface area contributed by atoms with Crippen molar-refractivity contribution in [2.75, 3.05) is 11.9 Å². The van der Waals surface area contributed by atoms with Crippen LogP contribution in [0.3, 0.4) is 0 Å². The van der Waals surface area contributed by atoms with Crippen molar-refractivity contribution in [3.05, 3.63) is 48.5 Å². The van der Waals surface area contributed by atoms with Crippen LogP contribution in [0.4, 0.5) is 24.5 Å². The van der Waals surface area contributed by atoms with Gasteiger partial charge in [-0.3, -0.25) is 0 Å². The first-order chi connectivity index (χ1) is 12.5. The van der Waals surface area contributed by atoms with Gasteiger partial charge in [-0.05, 0) is 29.5 Å². The molecule has 0 bridgehead atoms. The molecule has 1 heterocycles. The summed E-state index contributed by atoms with van der Waals surface area (Å²) < 4.78 is 41.8. The van der Waals surface area contributed by atoms with Crippen molar-refractivity contribution >= 4 is 11.4 Å². The SMILES string of the molecule is OCCn1nnc(-c2ccccc2Nc2ccccc2OC(F)(F)F)n1. The summed E-state index contributed by atoms with van der Waals surface area (Å²) in [5, 5.41) is 23.7. The summed E-state index contributed by atoms with van der Waals surface area (Å²) in [7, 11) is 0. The minimum atomic E-state index is -4.80. The predicted molar refractivity (Wildman–Crippen MR) is 86.7 cm³/mol. The number of hydrogen-bond acceptors (Lipinski definition) is 6. The highest BCUT2D eigenvalue weighted by Gasteiger charge is 2.32. The first-order valence-corrected chi connectivity index (χ1v) is 7.56. The summed E-state index contributed by atoms with van der Waals surface area (Å²) in [4.78, 5) is 1.23. The Labute approximate surface area is 146 Å². The lowest BCUT2D eigenvalue weighted by Crippen LogP contribution is -2.17. The van der Waals surface area contributed by atoms with Gasteiger partial charge in [-0.25, -0.2) is 0 Å². The molecule has 0 fully saturated rings. The van der Waals surface area contributed by atoms with Crippen molar-refractivity contribution in [3.8, 4) is 17.1 Å². The molecule has 0 radical (unpaired) electrons. The zero-order valence-corrected chi connectivity index (χ0v) is 13.3. The maximum absolute atomic E-state index is 12.6. The first kappa shape index (κ1) is 17.7. The molecule has 10 heteroatoms. The molecule has 7 nitrogen and oxygen atoms in total. The van der Waals surface area contributed by atoms with Gasteiger partial charge in [0, 0.05) is 11.3 Å². The second kappa shape index (κ2) is 7.40. The predicted octanol–water partition coefficient (Wildman–Crippen LogP) is 2.97. The van der Waals surface area contributed by atoms with E-state index in [9.17, 15) is 13.2 Å². The van der Waals surface area contributed by atoms with Gasteiger partial charge < -0.3 is 15.2 Å². The summed E-state index contributed by atoms with van der Waals surface area (Å²) in [6.45, 7) is 0.0444. The van der Waals surface area contributed by atoms with Crippen molar-refractivity contribution in [1.82, 2.24) is 20.2 Å². The monoisotopic (exact) mass is 365 g/mol. The molecule has 0 saturated carbocycles. The van der Waals surface area contributed by atoms with Crippen LogP contribution in [0.1, 0.15) is 0 Å². The van der Waals surface area contributed by atoms with Crippen molar-refractivity contribution in [3.63, 3.8) is 0 Å². The number of halogens is 3. The van der Waals surface area contributed by atoms with Crippen molar-refractivity contribution in [1.29, 1.82) is 0 Å². The Bertz CT molecular complexity index is 882. The van der Waals surface area contributed by atoms with Gasteiger partial charge in [-0.1, -0.05) is 24.3 Å². The number of tetrazole rings is 1. The van der Waals surface area contributed by atoms with Crippen LogP contribution in [-0.4, -0.2) is 38.3 Å². The largest absolute Gasteiger partial charge is 0.573 e. The molecule has 2 N–H and O–H groups in total. The minimum absolute atomic E-state index is 0.139. The Morgan fingerprint density at radius 2 is 1.73 bits per heavy atom. The van der Waals surface area contributed by atoms with Crippen molar-refractivity contribution < 1.29 is 23.0 Å². The summed E-state index contributed by atoms with van der Waals surface area (Å²) in [6.07, 6.45) is -4.80. The average Bonchev–Trinajstić information content (AvgIpc) is 3.05. The van der Waals surface area contributed by atoms with E-state index in [-0.39, 0.29) is 30.4 Å².